The van der Waals surface area contributed by atoms with Gasteiger partial charge in [0.25, 0.3) is 5.56 Å². The molecule has 0 fully saturated rings. The van der Waals surface area contributed by atoms with Crippen molar-refractivity contribution in [3.05, 3.63) is 45.3 Å². The van der Waals surface area contributed by atoms with E-state index in [0.717, 1.165) is 52.7 Å². The van der Waals surface area contributed by atoms with E-state index in [1.165, 1.54) is 6.42 Å². The lowest BCUT2D eigenvalue weighted by Crippen LogP contribution is -2.18. The Labute approximate surface area is 125 Å². The van der Waals surface area contributed by atoms with E-state index in [9.17, 15) is 4.79 Å². The van der Waals surface area contributed by atoms with Gasteiger partial charge in [0.15, 0.2) is 0 Å². The van der Waals surface area contributed by atoms with Crippen LogP contribution in [-0.2, 0) is 12.8 Å². The van der Waals surface area contributed by atoms with E-state index in [1.807, 2.05) is 17.5 Å². The Kier molecular flexibility index (Phi) is 3.07. The first kappa shape index (κ1) is 12.7. The highest BCUT2D eigenvalue weighted by atomic mass is 32.1. The zero-order chi connectivity index (χ0) is 14.2. The van der Waals surface area contributed by atoms with Crippen LogP contribution in [0.25, 0.3) is 21.6 Å². The molecule has 4 rings (SSSR count). The molecule has 0 aliphatic heterocycles. The number of fused-ring (bicyclic) bond motifs is 2. The van der Waals surface area contributed by atoms with E-state index >= 15 is 0 Å². The van der Waals surface area contributed by atoms with Gasteiger partial charge < -0.3 is 4.98 Å². The van der Waals surface area contributed by atoms with Crippen molar-refractivity contribution in [2.24, 2.45) is 0 Å². The van der Waals surface area contributed by atoms with E-state index in [0.29, 0.717) is 5.82 Å². The predicted octanol–water partition coefficient (Wildman–Crippen LogP) is 3.32. The summed E-state index contributed by atoms with van der Waals surface area (Å²) in [5.74, 6) is 0.642. The molecule has 1 N–H and O–H groups in total. The van der Waals surface area contributed by atoms with Crippen molar-refractivity contribution in [3.8, 4) is 11.4 Å². The summed E-state index contributed by atoms with van der Waals surface area (Å²) in [5.41, 5.74) is 3.73. The van der Waals surface area contributed by atoms with Crippen molar-refractivity contribution in [1.82, 2.24) is 15.0 Å². The Balaban J connectivity index is 1.86. The van der Waals surface area contributed by atoms with Crippen LogP contribution in [0, 0.1) is 0 Å². The van der Waals surface area contributed by atoms with Crippen LogP contribution in [0.1, 0.15) is 30.5 Å². The van der Waals surface area contributed by atoms with Gasteiger partial charge in [0.05, 0.1) is 15.9 Å². The van der Waals surface area contributed by atoms with Gasteiger partial charge in [0.2, 0.25) is 0 Å². The van der Waals surface area contributed by atoms with Gasteiger partial charge in [-0.1, -0.05) is 6.42 Å². The first-order valence-electron chi connectivity index (χ1n) is 7.27. The molecule has 1 aliphatic carbocycles. The number of thiophene rings is 1. The molecule has 0 atom stereocenters. The van der Waals surface area contributed by atoms with Gasteiger partial charge in [-0.15, -0.1) is 11.3 Å². The zero-order valence-electron chi connectivity index (χ0n) is 11.6. The highest BCUT2D eigenvalue weighted by Crippen LogP contribution is 2.24. The van der Waals surface area contributed by atoms with Crippen LogP contribution in [0.5, 0.6) is 0 Å². The zero-order valence-corrected chi connectivity index (χ0v) is 12.4. The van der Waals surface area contributed by atoms with Crippen LogP contribution in [0.2, 0.25) is 0 Å². The summed E-state index contributed by atoms with van der Waals surface area (Å²) in [4.78, 5) is 24.4. The van der Waals surface area contributed by atoms with E-state index in [4.69, 9.17) is 4.98 Å². The average molecular weight is 297 g/mol. The van der Waals surface area contributed by atoms with Crippen molar-refractivity contribution in [2.75, 3.05) is 0 Å². The normalized spacial score (nSPS) is 14.9. The van der Waals surface area contributed by atoms with Gasteiger partial charge in [-0.2, -0.15) is 0 Å². The number of pyridine rings is 1. The third-order valence-corrected chi connectivity index (χ3v) is 4.87. The Morgan fingerprint density at radius 3 is 3.05 bits per heavy atom. The molecule has 0 bridgehead atoms. The fraction of sp³-hybridized carbons (Fsp3) is 0.312. The van der Waals surface area contributed by atoms with Crippen molar-refractivity contribution >= 4 is 21.6 Å². The van der Waals surface area contributed by atoms with Crippen molar-refractivity contribution in [2.45, 2.75) is 32.1 Å². The van der Waals surface area contributed by atoms with Gasteiger partial charge >= 0.3 is 0 Å². The van der Waals surface area contributed by atoms with Gasteiger partial charge in [0.1, 0.15) is 5.82 Å². The molecule has 21 heavy (non-hydrogen) atoms. The summed E-state index contributed by atoms with van der Waals surface area (Å²) >= 11 is 1.65. The molecule has 0 spiro atoms. The molecule has 0 unspecified atom stereocenters. The lowest BCUT2D eigenvalue weighted by atomic mass is 10.1. The lowest BCUT2D eigenvalue weighted by Gasteiger charge is -2.07. The van der Waals surface area contributed by atoms with E-state index in [1.54, 1.807) is 17.5 Å². The highest BCUT2D eigenvalue weighted by molar-refractivity contribution is 7.17. The molecular weight excluding hydrogens is 282 g/mol. The molecule has 4 nitrogen and oxygen atoms in total. The topological polar surface area (TPSA) is 58.6 Å². The molecule has 0 saturated heterocycles. The molecule has 106 valence electrons. The van der Waals surface area contributed by atoms with Crippen LogP contribution >= 0.6 is 11.3 Å². The Bertz CT molecular complexity index is 865. The summed E-state index contributed by atoms with van der Waals surface area (Å²) in [5, 5.41) is 2.02. The van der Waals surface area contributed by atoms with Gasteiger partial charge in [0, 0.05) is 17.3 Å². The van der Waals surface area contributed by atoms with Crippen LogP contribution in [0.15, 0.2) is 28.5 Å². The highest BCUT2D eigenvalue weighted by Gasteiger charge is 2.15. The number of aromatic nitrogens is 3. The largest absolute Gasteiger partial charge is 0.306 e. The quantitative estimate of drug-likeness (QED) is 0.701. The molecular formula is C16H15N3OS. The van der Waals surface area contributed by atoms with E-state index < -0.39 is 0 Å². The smallest absolute Gasteiger partial charge is 0.254 e. The maximum atomic E-state index is 12.3. The summed E-state index contributed by atoms with van der Waals surface area (Å²) in [6.45, 7) is 0. The Hall–Kier alpha value is -2.01. The molecule has 0 saturated carbocycles. The summed E-state index contributed by atoms with van der Waals surface area (Å²) < 4.78 is 1.12. The number of nitrogens with zero attached hydrogens (tertiary/aromatic N) is 2. The number of rotatable bonds is 1. The van der Waals surface area contributed by atoms with Crippen molar-refractivity contribution in [3.63, 3.8) is 0 Å². The van der Waals surface area contributed by atoms with Gasteiger partial charge in [-0.25, -0.2) is 4.98 Å². The fourth-order valence-electron chi connectivity index (χ4n) is 2.89. The summed E-state index contributed by atoms with van der Waals surface area (Å²) in [6.07, 6.45) is 6.91. The third-order valence-electron chi connectivity index (χ3n) is 4.02. The molecule has 0 radical (unpaired) electrons. The number of aromatic amines is 1. The van der Waals surface area contributed by atoms with E-state index in [2.05, 4.69) is 9.97 Å². The standard InChI is InChI=1S/C16H15N3OS/c20-16-11-4-2-1-3-5-12(11)18-15(19-16)10-8-14-13(17-9-10)6-7-21-14/h6-9H,1-5H2,(H,18,19,20). The number of hydrogen-bond donors (Lipinski definition) is 1. The lowest BCUT2D eigenvalue weighted by molar-refractivity contribution is 0.708. The molecule has 0 amide bonds. The molecule has 5 heteroatoms. The van der Waals surface area contributed by atoms with Crippen molar-refractivity contribution < 1.29 is 0 Å². The minimum Gasteiger partial charge on any atom is -0.306 e. The minimum absolute atomic E-state index is 0.0168. The third kappa shape index (κ3) is 2.27. The molecule has 3 aromatic heterocycles. The van der Waals surface area contributed by atoms with Crippen LogP contribution in [-0.4, -0.2) is 15.0 Å². The first-order chi connectivity index (χ1) is 10.3. The van der Waals surface area contributed by atoms with Gasteiger partial charge in [-0.05, 0) is 43.2 Å². The second-order valence-corrected chi connectivity index (χ2v) is 6.38. The van der Waals surface area contributed by atoms with E-state index in [-0.39, 0.29) is 5.56 Å². The Morgan fingerprint density at radius 2 is 2.10 bits per heavy atom. The van der Waals surface area contributed by atoms with Gasteiger partial charge in [-0.3, -0.25) is 9.78 Å². The SMILES string of the molecule is O=c1[nH]c(-c2cnc3ccsc3c2)nc2c1CCCCC2. The average Bonchev–Trinajstić information content (AvgIpc) is 2.83. The molecule has 3 aromatic rings. The van der Waals surface area contributed by atoms with Crippen LogP contribution < -0.4 is 5.56 Å². The second kappa shape index (κ2) is 5.07. The number of aryl methyl sites for hydroxylation is 1. The Morgan fingerprint density at radius 1 is 1.19 bits per heavy atom. The van der Waals surface area contributed by atoms with Crippen LogP contribution in [0.3, 0.4) is 0 Å². The molecule has 1 aliphatic rings. The summed E-state index contributed by atoms with van der Waals surface area (Å²) in [6, 6.07) is 4.05. The maximum Gasteiger partial charge on any atom is 0.254 e. The summed E-state index contributed by atoms with van der Waals surface area (Å²) in [7, 11) is 0. The fourth-order valence-corrected chi connectivity index (χ4v) is 3.67. The number of nitrogens with one attached hydrogen (secondary N) is 1. The maximum absolute atomic E-state index is 12.3. The second-order valence-electron chi connectivity index (χ2n) is 5.43. The first-order valence-corrected chi connectivity index (χ1v) is 8.15. The predicted molar refractivity (Wildman–Crippen MR) is 84.7 cm³/mol. The number of hydrogen-bond acceptors (Lipinski definition) is 4. The molecule has 0 aromatic carbocycles. The monoisotopic (exact) mass is 297 g/mol. The molecule has 3 heterocycles. The van der Waals surface area contributed by atoms with Crippen LogP contribution in [0.4, 0.5) is 0 Å². The van der Waals surface area contributed by atoms with Crippen molar-refractivity contribution in [1.29, 1.82) is 0 Å². The number of H-pyrrole nitrogens is 1. The minimum atomic E-state index is 0.0168.